The van der Waals surface area contributed by atoms with E-state index in [-0.39, 0.29) is 5.69 Å². The number of nitrogen functional groups attached to an aromatic ring is 1. The van der Waals surface area contributed by atoms with Crippen LogP contribution >= 0.6 is 15.9 Å². The summed E-state index contributed by atoms with van der Waals surface area (Å²) in [6.07, 6.45) is 2.44. The first kappa shape index (κ1) is 12.9. The molecule has 0 saturated heterocycles. The molecule has 0 unspecified atom stereocenters. The summed E-state index contributed by atoms with van der Waals surface area (Å²) in [6, 6.07) is 4.49. The predicted octanol–water partition coefficient (Wildman–Crippen LogP) is 2.53. The highest BCUT2D eigenvalue weighted by Crippen LogP contribution is 2.32. The highest BCUT2D eigenvalue weighted by Gasteiger charge is 2.09. The smallest absolute Gasteiger partial charge is 0.156 e. The number of halogens is 2. The molecule has 0 bridgehead atoms. The highest BCUT2D eigenvalue weighted by atomic mass is 79.9. The van der Waals surface area contributed by atoms with Crippen LogP contribution in [0.4, 0.5) is 10.1 Å². The zero-order chi connectivity index (χ0) is 13.1. The maximum atomic E-state index is 13.0. The molecule has 0 radical (unpaired) electrons. The second-order valence-corrected chi connectivity index (χ2v) is 4.70. The van der Waals surface area contributed by atoms with Gasteiger partial charge in [-0.05, 0) is 28.1 Å². The van der Waals surface area contributed by atoms with Gasteiger partial charge in [0.05, 0.1) is 16.8 Å². The molecule has 0 saturated carbocycles. The van der Waals surface area contributed by atoms with Crippen molar-refractivity contribution >= 4 is 21.6 Å². The van der Waals surface area contributed by atoms with Crippen LogP contribution in [0.1, 0.15) is 5.69 Å². The third kappa shape index (κ3) is 2.81. The van der Waals surface area contributed by atoms with Crippen LogP contribution in [0.3, 0.4) is 0 Å². The van der Waals surface area contributed by atoms with E-state index >= 15 is 0 Å². The van der Waals surface area contributed by atoms with E-state index in [2.05, 4.69) is 21.0 Å². The number of nitrogens with two attached hydrogens (primary N) is 1. The summed E-state index contributed by atoms with van der Waals surface area (Å²) in [5.41, 5.74) is 7.05. The van der Waals surface area contributed by atoms with Crippen LogP contribution < -0.4 is 10.5 Å². The van der Waals surface area contributed by atoms with Crippen LogP contribution in [0.2, 0.25) is 0 Å². The Labute approximate surface area is 113 Å². The van der Waals surface area contributed by atoms with Crippen molar-refractivity contribution < 1.29 is 9.13 Å². The van der Waals surface area contributed by atoms with E-state index in [4.69, 9.17) is 10.5 Å². The Morgan fingerprint density at radius 1 is 1.50 bits per heavy atom. The summed E-state index contributed by atoms with van der Waals surface area (Å²) in [6.45, 7) is 0.452. The maximum absolute atomic E-state index is 13.0. The Kier molecular flexibility index (Phi) is 3.86. The molecule has 0 atom stereocenters. The fourth-order valence-corrected chi connectivity index (χ4v) is 2.20. The number of hydrogen-bond acceptors (Lipinski definition) is 3. The van der Waals surface area contributed by atoms with Crippen molar-refractivity contribution in [2.45, 2.75) is 6.42 Å². The molecule has 0 aliphatic heterocycles. The Morgan fingerprint density at radius 3 is 2.89 bits per heavy atom. The monoisotopic (exact) mass is 313 g/mol. The molecule has 0 amide bonds. The van der Waals surface area contributed by atoms with E-state index in [1.54, 1.807) is 10.9 Å². The number of nitrogens with zero attached hydrogens (tertiary/aromatic N) is 2. The first-order valence-electron chi connectivity index (χ1n) is 5.42. The number of anilines is 1. The average Bonchev–Trinajstić information content (AvgIpc) is 2.68. The lowest BCUT2D eigenvalue weighted by Crippen LogP contribution is -2.07. The van der Waals surface area contributed by atoms with Crippen LogP contribution in [-0.4, -0.2) is 16.4 Å². The first-order chi connectivity index (χ1) is 8.58. The molecule has 0 aliphatic carbocycles. The van der Waals surface area contributed by atoms with Crippen LogP contribution in [0.5, 0.6) is 5.75 Å². The van der Waals surface area contributed by atoms with Crippen molar-refractivity contribution in [3.05, 3.63) is 40.4 Å². The molecule has 2 aromatic rings. The van der Waals surface area contributed by atoms with Crippen molar-refractivity contribution in [2.75, 3.05) is 12.3 Å². The fraction of sp³-hybridized carbons (Fsp3) is 0.250. The van der Waals surface area contributed by atoms with Gasteiger partial charge in [0.15, 0.2) is 5.75 Å². The Hall–Kier alpha value is -1.56. The Morgan fingerprint density at radius 2 is 2.28 bits per heavy atom. The van der Waals surface area contributed by atoms with Crippen molar-refractivity contribution in [3.63, 3.8) is 0 Å². The van der Waals surface area contributed by atoms with E-state index in [0.717, 1.165) is 5.69 Å². The molecule has 0 aliphatic rings. The SMILES string of the molecule is Cn1nccc1CCOc1c(N)cc(F)cc1Br. The molecule has 1 heterocycles. The van der Waals surface area contributed by atoms with Crippen molar-refractivity contribution in [3.8, 4) is 5.75 Å². The van der Waals surface area contributed by atoms with Gasteiger partial charge in [0.25, 0.3) is 0 Å². The topological polar surface area (TPSA) is 53.1 Å². The summed E-state index contributed by atoms with van der Waals surface area (Å²) in [5.74, 6) is 0.0805. The molecule has 1 aromatic carbocycles. The second kappa shape index (κ2) is 5.39. The fourth-order valence-electron chi connectivity index (χ4n) is 1.64. The van der Waals surface area contributed by atoms with Crippen LogP contribution in [0.15, 0.2) is 28.9 Å². The zero-order valence-electron chi connectivity index (χ0n) is 9.86. The molecular formula is C12H13BrFN3O. The van der Waals surface area contributed by atoms with Crippen LogP contribution in [0.25, 0.3) is 0 Å². The first-order valence-corrected chi connectivity index (χ1v) is 6.21. The van der Waals surface area contributed by atoms with Gasteiger partial charge in [-0.3, -0.25) is 4.68 Å². The molecule has 18 heavy (non-hydrogen) atoms. The van der Waals surface area contributed by atoms with Gasteiger partial charge >= 0.3 is 0 Å². The van der Waals surface area contributed by atoms with Crippen LogP contribution in [-0.2, 0) is 13.5 Å². The van der Waals surface area contributed by atoms with Crippen LogP contribution in [0, 0.1) is 5.82 Å². The van der Waals surface area contributed by atoms with Gasteiger partial charge in [-0.2, -0.15) is 5.10 Å². The number of aromatic nitrogens is 2. The van der Waals surface area contributed by atoms with Gasteiger partial charge in [-0.1, -0.05) is 0 Å². The van der Waals surface area contributed by atoms with E-state index < -0.39 is 5.82 Å². The third-order valence-corrected chi connectivity index (χ3v) is 3.15. The maximum Gasteiger partial charge on any atom is 0.156 e. The summed E-state index contributed by atoms with van der Waals surface area (Å²) >= 11 is 3.23. The molecule has 0 spiro atoms. The number of benzene rings is 1. The van der Waals surface area contributed by atoms with E-state index in [0.29, 0.717) is 23.2 Å². The highest BCUT2D eigenvalue weighted by molar-refractivity contribution is 9.10. The quantitative estimate of drug-likeness (QED) is 0.882. The Bertz CT molecular complexity index is 533. The molecular weight excluding hydrogens is 301 g/mol. The van der Waals surface area contributed by atoms with Crippen molar-refractivity contribution in [2.24, 2.45) is 7.05 Å². The Balaban J connectivity index is 2.01. The minimum atomic E-state index is -0.390. The predicted molar refractivity (Wildman–Crippen MR) is 70.9 cm³/mol. The minimum Gasteiger partial charge on any atom is -0.490 e. The number of hydrogen-bond donors (Lipinski definition) is 1. The summed E-state index contributed by atoms with van der Waals surface area (Å²) in [7, 11) is 1.87. The molecule has 4 nitrogen and oxygen atoms in total. The number of ether oxygens (including phenoxy) is 1. The molecule has 0 fully saturated rings. The normalized spacial score (nSPS) is 10.6. The standard InChI is InChI=1S/C12H13BrFN3O/c1-17-9(2-4-16-17)3-5-18-12-10(13)6-8(14)7-11(12)15/h2,4,6-7H,3,5,15H2,1H3. The van der Waals surface area contributed by atoms with Crippen molar-refractivity contribution in [1.82, 2.24) is 9.78 Å². The lowest BCUT2D eigenvalue weighted by molar-refractivity contribution is 0.317. The van der Waals surface area contributed by atoms with Gasteiger partial charge in [0, 0.05) is 31.4 Å². The van der Waals surface area contributed by atoms with Crippen molar-refractivity contribution in [1.29, 1.82) is 0 Å². The summed E-state index contributed by atoms with van der Waals surface area (Å²) in [5, 5.41) is 4.07. The number of rotatable bonds is 4. The lowest BCUT2D eigenvalue weighted by Gasteiger charge is -2.11. The molecule has 2 N–H and O–H groups in total. The molecule has 2 rings (SSSR count). The average molecular weight is 314 g/mol. The zero-order valence-corrected chi connectivity index (χ0v) is 11.4. The van der Waals surface area contributed by atoms with E-state index in [9.17, 15) is 4.39 Å². The lowest BCUT2D eigenvalue weighted by atomic mass is 10.3. The molecule has 1 aromatic heterocycles. The summed E-state index contributed by atoms with van der Waals surface area (Å²) in [4.78, 5) is 0. The van der Waals surface area contributed by atoms with E-state index in [1.807, 2.05) is 13.1 Å². The van der Waals surface area contributed by atoms with Gasteiger partial charge in [-0.25, -0.2) is 4.39 Å². The third-order valence-electron chi connectivity index (χ3n) is 2.56. The molecule has 96 valence electrons. The largest absolute Gasteiger partial charge is 0.490 e. The van der Waals surface area contributed by atoms with E-state index in [1.165, 1.54) is 12.1 Å². The number of aryl methyl sites for hydroxylation is 1. The van der Waals surface area contributed by atoms with Gasteiger partial charge in [-0.15, -0.1) is 0 Å². The summed E-state index contributed by atoms with van der Waals surface area (Å²) < 4.78 is 20.9. The second-order valence-electron chi connectivity index (χ2n) is 3.85. The van der Waals surface area contributed by atoms with Gasteiger partial charge < -0.3 is 10.5 Å². The minimum absolute atomic E-state index is 0.284. The van der Waals surface area contributed by atoms with Gasteiger partial charge in [0.1, 0.15) is 5.82 Å². The van der Waals surface area contributed by atoms with Gasteiger partial charge in [0.2, 0.25) is 0 Å². The molecule has 6 heteroatoms.